The fraction of sp³-hybridized carbons (Fsp3) is 0.500. The molecule has 104 valence electrons. The van der Waals surface area contributed by atoms with E-state index >= 15 is 0 Å². The molecule has 1 fully saturated rings. The molecule has 0 aliphatic carbocycles. The number of hydrogen-bond donors (Lipinski definition) is 3. The number of carboxylic acid groups (broad SMARTS) is 1. The minimum Gasteiger partial charge on any atom is -0.465 e. The minimum atomic E-state index is -0.975. The molecule has 0 bridgehead atoms. The quantitative estimate of drug-likeness (QED) is 0.740. The van der Waals surface area contributed by atoms with Crippen molar-refractivity contribution < 1.29 is 15.0 Å². The van der Waals surface area contributed by atoms with E-state index < -0.39 is 12.2 Å². The number of aliphatic hydroxyl groups is 1. The maximum atomic E-state index is 10.5. The van der Waals surface area contributed by atoms with E-state index in [1.54, 1.807) is 0 Å². The van der Waals surface area contributed by atoms with Gasteiger partial charge in [0.2, 0.25) is 0 Å². The van der Waals surface area contributed by atoms with Crippen LogP contribution in [0.5, 0.6) is 0 Å². The predicted molar refractivity (Wildman–Crippen MR) is 72.2 cm³/mol. The second kappa shape index (κ2) is 6.54. The first-order valence-corrected chi connectivity index (χ1v) is 6.57. The number of β-amino-alcohol motifs (C(OH)–C–C–N with tert-alkyl or cyclic N) is 1. The molecule has 0 aromatic heterocycles. The molecule has 2 unspecified atom stereocenters. The molecular weight excluding hydrogens is 244 g/mol. The molecule has 1 amide bonds. The standard InChI is InChI=1S/C14H20N2O3/c17-13(8-11-4-2-1-3-5-11)10-16-7-6-12(9-16)15-14(18)19/h1-5,12-13,15,17H,6-10H2,(H,18,19). The summed E-state index contributed by atoms with van der Waals surface area (Å²) in [5.74, 6) is 0. The van der Waals surface area contributed by atoms with Crippen molar-refractivity contribution in [2.75, 3.05) is 19.6 Å². The van der Waals surface area contributed by atoms with Gasteiger partial charge in [-0.3, -0.25) is 4.90 Å². The van der Waals surface area contributed by atoms with E-state index in [9.17, 15) is 9.90 Å². The lowest BCUT2D eigenvalue weighted by atomic mass is 10.1. The molecule has 3 N–H and O–H groups in total. The fourth-order valence-corrected chi connectivity index (χ4v) is 2.54. The Bertz CT molecular complexity index is 410. The molecule has 1 aliphatic heterocycles. The molecule has 1 heterocycles. The molecule has 5 nitrogen and oxygen atoms in total. The van der Waals surface area contributed by atoms with Gasteiger partial charge in [-0.1, -0.05) is 30.3 Å². The van der Waals surface area contributed by atoms with Crippen LogP contribution in [-0.2, 0) is 6.42 Å². The minimum absolute atomic E-state index is 0.0126. The monoisotopic (exact) mass is 264 g/mol. The third kappa shape index (κ3) is 4.54. The Hall–Kier alpha value is -1.59. The topological polar surface area (TPSA) is 72.8 Å². The van der Waals surface area contributed by atoms with Crippen molar-refractivity contribution >= 4 is 6.09 Å². The van der Waals surface area contributed by atoms with Crippen LogP contribution in [0.25, 0.3) is 0 Å². The Balaban J connectivity index is 1.74. The normalized spacial score (nSPS) is 21.2. The molecule has 19 heavy (non-hydrogen) atoms. The molecule has 2 rings (SSSR count). The van der Waals surface area contributed by atoms with Crippen molar-refractivity contribution in [3.05, 3.63) is 35.9 Å². The summed E-state index contributed by atoms with van der Waals surface area (Å²) in [4.78, 5) is 12.7. The summed E-state index contributed by atoms with van der Waals surface area (Å²) in [6, 6.07) is 9.87. The van der Waals surface area contributed by atoms with Crippen molar-refractivity contribution in [3.8, 4) is 0 Å². The van der Waals surface area contributed by atoms with Crippen molar-refractivity contribution in [3.63, 3.8) is 0 Å². The summed E-state index contributed by atoms with van der Waals surface area (Å²) in [6.07, 6.45) is 0.0568. The van der Waals surface area contributed by atoms with Gasteiger partial charge in [-0.2, -0.15) is 0 Å². The van der Waals surface area contributed by atoms with Crippen LogP contribution in [0.1, 0.15) is 12.0 Å². The lowest BCUT2D eigenvalue weighted by Crippen LogP contribution is -2.38. The van der Waals surface area contributed by atoms with E-state index in [2.05, 4.69) is 10.2 Å². The zero-order valence-corrected chi connectivity index (χ0v) is 10.8. The van der Waals surface area contributed by atoms with Gasteiger partial charge in [0.05, 0.1) is 6.10 Å². The highest BCUT2D eigenvalue weighted by Gasteiger charge is 2.25. The molecular formula is C14H20N2O3. The Morgan fingerprint density at radius 2 is 2.16 bits per heavy atom. The molecule has 0 saturated carbocycles. The van der Waals surface area contributed by atoms with Crippen LogP contribution in [0.3, 0.4) is 0 Å². The van der Waals surface area contributed by atoms with Gasteiger partial charge in [-0.25, -0.2) is 4.79 Å². The summed E-state index contributed by atoms with van der Waals surface area (Å²) < 4.78 is 0. The van der Waals surface area contributed by atoms with E-state index in [0.717, 1.165) is 18.5 Å². The first-order valence-electron chi connectivity index (χ1n) is 6.57. The largest absolute Gasteiger partial charge is 0.465 e. The number of hydrogen-bond acceptors (Lipinski definition) is 3. The van der Waals surface area contributed by atoms with Gasteiger partial charge < -0.3 is 15.5 Å². The maximum Gasteiger partial charge on any atom is 0.404 e. The van der Waals surface area contributed by atoms with Gasteiger partial charge in [0.1, 0.15) is 0 Å². The Labute approximate surface area is 112 Å². The first-order chi connectivity index (χ1) is 9.13. The van der Waals surface area contributed by atoms with E-state index in [1.807, 2.05) is 30.3 Å². The average molecular weight is 264 g/mol. The number of amides is 1. The molecule has 5 heteroatoms. The van der Waals surface area contributed by atoms with Crippen molar-refractivity contribution in [2.24, 2.45) is 0 Å². The number of benzene rings is 1. The summed E-state index contributed by atoms with van der Waals surface area (Å²) in [6.45, 7) is 2.10. The highest BCUT2D eigenvalue weighted by molar-refractivity contribution is 5.64. The third-order valence-corrected chi connectivity index (χ3v) is 3.38. The van der Waals surface area contributed by atoms with Gasteiger partial charge in [-0.15, -0.1) is 0 Å². The number of likely N-dealkylation sites (tertiary alicyclic amines) is 1. The number of nitrogens with one attached hydrogen (secondary N) is 1. The number of carbonyl (C=O) groups is 1. The van der Waals surface area contributed by atoms with Crippen LogP contribution in [0.2, 0.25) is 0 Å². The number of aliphatic hydroxyl groups excluding tert-OH is 1. The van der Waals surface area contributed by atoms with Crippen LogP contribution in [-0.4, -0.2) is 53.0 Å². The SMILES string of the molecule is O=C(O)NC1CCN(CC(O)Cc2ccccc2)C1. The van der Waals surface area contributed by atoms with Crippen molar-refractivity contribution in [1.82, 2.24) is 10.2 Å². The van der Waals surface area contributed by atoms with Crippen LogP contribution in [0, 0.1) is 0 Å². The molecule has 2 atom stereocenters. The average Bonchev–Trinajstić information content (AvgIpc) is 2.76. The van der Waals surface area contributed by atoms with E-state index in [4.69, 9.17) is 5.11 Å². The Morgan fingerprint density at radius 3 is 2.84 bits per heavy atom. The van der Waals surface area contributed by atoms with Crippen LogP contribution < -0.4 is 5.32 Å². The summed E-state index contributed by atoms with van der Waals surface area (Å²) >= 11 is 0. The van der Waals surface area contributed by atoms with Gasteiger partial charge in [-0.05, 0) is 18.4 Å². The Kier molecular flexibility index (Phi) is 4.76. The summed E-state index contributed by atoms with van der Waals surface area (Å²) in [5.41, 5.74) is 1.12. The van der Waals surface area contributed by atoms with Crippen molar-refractivity contribution in [2.45, 2.75) is 25.0 Å². The Morgan fingerprint density at radius 1 is 1.42 bits per heavy atom. The van der Waals surface area contributed by atoms with E-state index in [1.165, 1.54) is 0 Å². The lowest BCUT2D eigenvalue weighted by molar-refractivity contribution is 0.124. The molecule has 1 saturated heterocycles. The lowest BCUT2D eigenvalue weighted by Gasteiger charge is -2.20. The molecule has 1 aromatic rings. The molecule has 1 aliphatic rings. The highest BCUT2D eigenvalue weighted by atomic mass is 16.4. The summed E-state index contributed by atoms with van der Waals surface area (Å²) in [5, 5.41) is 21.2. The van der Waals surface area contributed by atoms with Crippen molar-refractivity contribution in [1.29, 1.82) is 0 Å². The molecule has 0 radical (unpaired) electrons. The van der Waals surface area contributed by atoms with Crippen LogP contribution >= 0.6 is 0 Å². The van der Waals surface area contributed by atoms with Gasteiger partial charge in [0, 0.05) is 25.7 Å². The van der Waals surface area contributed by atoms with Gasteiger partial charge >= 0.3 is 6.09 Å². The third-order valence-electron chi connectivity index (χ3n) is 3.38. The zero-order chi connectivity index (χ0) is 13.7. The van der Waals surface area contributed by atoms with Crippen LogP contribution in [0.15, 0.2) is 30.3 Å². The van der Waals surface area contributed by atoms with E-state index in [-0.39, 0.29) is 6.04 Å². The number of nitrogens with zero attached hydrogens (tertiary/aromatic N) is 1. The molecule has 1 aromatic carbocycles. The van der Waals surface area contributed by atoms with E-state index in [0.29, 0.717) is 19.5 Å². The second-order valence-corrected chi connectivity index (χ2v) is 5.04. The fourth-order valence-electron chi connectivity index (χ4n) is 2.54. The smallest absolute Gasteiger partial charge is 0.404 e. The van der Waals surface area contributed by atoms with Gasteiger partial charge in [0.15, 0.2) is 0 Å². The zero-order valence-electron chi connectivity index (χ0n) is 10.8. The van der Waals surface area contributed by atoms with Crippen LogP contribution in [0.4, 0.5) is 4.79 Å². The maximum absolute atomic E-state index is 10.5. The first kappa shape index (κ1) is 13.8. The molecule has 0 spiro atoms. The highest BCUT2D eigenvalue weighted by Crippen LogP contribution is 2.11. The van der Waals surface area contributed by atoms with Gasteiger partial charge in [0.25, 0.3) is 0 Å². The summed E-state index contributed by atoms with van der Waals surface area (Å²) in [7, 11) is 0. The predicted octanol–water partition coefficient (Wildman–Crippen LogP) is 0.932. The second-order valence-electron chi connectivity index (χ2n) is 5.04. The number of rotatable bonds is 5.